The number of halogens is 1. The van der Waals surface area contributed by atoms with Crippen LogP contribution in [0.4, 0.5) is 0 Å². The molecular weight excluding hydrogens is 340 g/mol. The fraction of sp³-hybridized carbons (Fsp3) is 0.263. The maximum Gasteiger partial charge on any atom is 0.138 e. The van der Waals surface area contributed by atoms with Gasteiger partial charge in [-0.05, 0) is 37.1 Å². The number of hydrogen-bond acceptors (Lipinski definition) is 3. The van der Waals surface area contributed by atoms with Crippen LogP contribution in [0.3, 0.4) is 0 Å². The molecule has 0 radical (unpaired) electrons. The Morgan fingerprint density at radius 1 is 1.21 bits per heavy atom. The summed E-state index contributed by atoms with van der Waals surface area (Å²) in [5.41, 5.74) is 2.40. The lowest BCUT2D eigenvalue weighted by atomic mass is 10.1. The van der Waals surface area contributed by atoms with Gasteiger partial charge in [0, 0.05) is 24.2 Å². The van der Waals surface area contributed by atoms with Gasteiger partial charge in [-0.1, -0.05) is 42.0 Å². The van der Waals surface area contributed by atoms with E-state index in [-0.39, 0.29) is 0 Å². The second-order valence-electron chi connectivity index (χ2n) is 5.70. The van der Waals surface area contributed by atoms with Crippen molar-refractivity contribution in [2.45, 2.75) is 19.4 Å². The van der Waals surface area contributed by atoms with E-state index in [0.717, 1.165) is 29.2 Å². The van der Waals surface area contributed by atoms with Crippen LogP contribution in [0.5, 0.6) is 5.75 Å². The van der Waals surface area contributed by atoms with E-state index in [9.17, 15) is 0 Å². The molecule has 0 unspecified atom stereocenters. The normalized spacial score (nSPS) is 13.6. The lowest BCUT2D eigenvalue weighted by molar-refractivity contribution is 0.306. The molecule has 2 aromatic rings. The first-order chi connectivity index (χ1) is 11.7. The van der Waals surface area contributed by atoms with Crippen LogP contribution in [0.15, 0.2) is 42.5 Å². The molecule has 3 nitrogen and oxygen atoms in total. The Labute approximate surface area is 152 Å². The minimum absolute atomic E-state index is 0.305. The van der Waals surface area contributed by atoms with Crippen LogP contribution < -0.4 is 4.74 Å². The fourth-order valence-electron chi connectivity index (χ4n) is 2.76. The third-order valence-electron chi connectivity index (χ3n) is 4.09. The zero-order chi connectivity index (χ0) is 16.9. The van der Waals surface area contributed by atoms with Crippen molar-refractivity contribution in [1.29, 1.82) is 5.26 Å². The van der Waals surface area contributed by atoms with Gasteiger partial charge in [-0.15, -0.1) is 0 Å². The first-order valence-electron chi connectivity index (χ1n) is 7.88. The largest absolute Gasteiger partial charge is 0.487 e. The van der Waals surface area contributed by atoms with E-state index in [1.54, 1.807) is 6.07 Å². The molecule has 0 N–H and O–H groups in total. The van der Waals surface area contributed by atoms with Crippen LogP contribution in [-0.2, 0) is 6.61 Å². The van der Waals surface area contributed by atoms with Crippen molar-refractivity contribution in [2.75, 3.05) is 13.1 Å². The van der Waals surface area contributed by atoms with Crippen LogP contribution in [0, 0.1) is 11.3 Å². The van der Waals surface area contributed by atoms with Crippen LogP contribution in [-0.4, -0.2) is 23.0 Å². The van der Waals surface area contributed by atoms with Gasteiger partial charge in [-0.3, -0.25) is 0 Å². The number of nitriles is 1. The van der Waals surface area contributed by atoms with Gasteiger partial charge in [0.2, 0.25) is 0 Å². The molecule has 3 rings (SSSR count). The zero-order valence-corrected chi connectivity index (χ0v) is 14.7. The van der Waals surface area contributed by atoms with Crippen molar-refractivity contribution >= 4 is 28.8 Å². The van der Waals surface area contributed by atoms with Gasteiger partial charge in [-0.25, -0.2) is 0 Å². The summed E-state index contributed by atoms with van der Waals surface area (Å²) in [5, 5.41) is 9.65. The Kier molecular flexibility index (Phi) is 5.34. The Bertz CT molecular complexity index is 794. The van der Waals surface area contributed by atoms with Crippen LogP contribution >= 0.6 is 23.8 Å². The van der Waals surface area contributed by atoms with Gasteiger partial charge >= 0.3 is 0 Å². The van der Waals surface area contributed by atoms with E-state index >= 15 is 0 Å². The molecular formula is C19H17ClN2OS. The molecule has 1 fully saturated rings. The smallest absolute Gasteiger partial charge is 0.138 e. The Balaban J connectivity index is 1.71. The van der Waals surface area contributed by atoms with E-state index in [2.05, 4.69) is 11.0 Å². The van der Waals surface area contributed by atoms with E-state index in [0.29, 0.717) is 22.9 Å². The topological polar surface area (TPSA) is 36.3 Å². The molecule has 0 amide bonds. The summed E-state index contributed by atoms with van der Waals surface area (Å²) in [4.78, 5) is 3.06. The maximum absolute atomic E-state index is 9.12. The van der Waals surface area contributed by atoms with Gasteiger partial charge in [0.25, 0.3) is 0 Å². The lowest BCUT2D eigenvalue weighted by Crippen LogP contribution is -2.26. The van der Waals surface area contributed by atoms with Crippen molar-refractivity contribution in [3.05, 3.63) is 64.2 Å². The third kappa shape index (κ3) is 3.69. The molecule has 1 aliphatic heterocycles. The molecule has 1 heterocycles. The summed E-state index contributed by atoms with van der Waals surface area (Å²) in [5.74, 6) is 0.595. The maximum atomic E-state index is 9.12. The SMILES string of the molecule is N#Cc1ccccc1COc1ccc(C(=S)N2CCCC2)cc1Cl. The first kappa shape index (κ1) is 16.8. The summed E-state index contributed by atoms with van der Waals surface area (Å²) in [6.45, 7) is 2.33. The van der Waals surface area contributed by atoms with Crippen molar-refractivity contribution in [2.24, 2.45) is 0 Å². The Hall–Kier alpha value is -2.09. The van der Waals surface area contributed by atoms with Gasteiger partial charge in [-0.2, -0.15) is 5.26 Å². The van der Waals surface area contributed by atoms with Crippen molar-refractivity contribution in [3.8, 4) is 11.8 Å². The lowest BCUT2D eigenvalue weighted by Gasteiger charge is -2.19. The van der Waals surface area contributed by atoms with E-state index < -0.39 is 0 Å². The number of nitrogens with zero attached hydrogens (tertiary/aromatic N) is 2. The quantitative estimate of drug-likeness (QED) is 0.752. The van der Waals surface area contributed by atoms with Crippen molar-refractivity contribution in [1.82, 2.24) is 4.90 Å². The third-order valence-corrected chi connectivity index (χ3v) is 4.88. The molecule has 0 aromatic heterocycles. The van der Waals surface area contributed by atoms with E-state index in [4.69, 9.17) is 33.8 Å². The van der Waals surface area contributed by atoms with Crippen LogP contribution in [0.25, 0.3) is 0 Å². The second kappa shape index (κ2) is 7.65. The predicted molar refractivity (Wildman–Crippen MR) is 99.4 cm³/mol. The summed E-state index contributed by atoms with van der Waals surface area (Å²) in [7, 11) is 0. The number of thiocarbonyl (C=S) groups is 1. The molecule has 122 valence electrons. The molecule has 1 saturated heterocycles. The average Bonchev–Trinajstić information content (AvgIpc) is 3.15. The van der Waals surface area contributed by atoms with Gasteiger partial charge in [0.05, 0.1) is 16.7 Å². The number of benzene rings is 2. The van der Waals surface area contributed by atoms with Crippen LogP contribution in [0.1, 0.15) is 29.5 Å². The van der Waals surface area contributed by atoms with E-state index in [1.165, 1.54) is 12.8 Å². The summed E-state index contributed by atoms with van der Waals surface area (Å²) in [6.07, 6.45) is 2.38. The minimum Gasteiger partial charge on any atom is -0.487 e. The molecule has 0 bridgehead atoms. The first-order valence-corrected chi connectivity index (χ1v) is 8.67. The van der Waals surface area contributed by atoms with E-state index in [1.807, 2.05) is 36.4 Å². The van der Waals surface area contributed by atoms with Crippen LogP contribution in [0.2, 0.25) is 5.02 Å². The highest BCUT2D eigenvalue weighted by molar-refractivity contribution is 7.80. The number of ether oxygens (including phenoxy) is 1. The monoisotopic (exact) mass is 356 g/mol. The molecule has 5 heteroatoms. The molecule has 0 saturated carbocycles. The highest BCUT2D eigenvalue weighted by atomic mass is 35.5. The highest BCUT2D eigenvalue weighted by Gasteiger charge is 2.17. The number of hydrogen-bond donors (Lipinski definition) is 0. The van der Waals surface area contributed by atoms with Gasteiger partial charge < -0.3 is 9.64 Å². The molecule has 2 aromatic carbocycles. The van der Waals surface area contributed by atoms with Gasteiger partial charge in [0.1, 0.15) is 17.3 Å². The number of rotatable bonds is 4. The zero-order valence-electron chi connectivity index (χ0n) is 13.2. The summed E-state index contributed by atoms with van der Waals surface area (Å²) >= 11 is 11.9. The molecule has 0 aliphatic carbocycles. The molecule has 0 atom stereocenters. The molecule has 1 aliphatic rings. The summed E-state index contributed by atoms with van der Waals surface area (Å²) in [6, 6.07) is 15.2. The summed E-state index contributed by atoms with van der Waals surface area (Å²) < 4.78 is 5.79. The fourth-order valence-corrected chi connectivity index (χ4v) is 3.31. The highest BCUT2D eigenvalue weighted by Crippen LogP contribution is 2.28. The Morgan fingerprint density at radius 3 is 2.67 bits per heavy atom. The number of likely N-dealkylation sites (tertiary alicyclic amines) is 1. The Morgan fingerprint density at radius 2 is 1.96 bits per heavy atom. The minimum atomic E-state index is 0.305. The molecule has 24 heavy (non-hydrogen) atoms. The molecule has 0 spiro atoms. The van der Waals surface area contributed by atoms with Crippen molar-refractivity contribution in [3.63, 3.8) is 0 Å². The standard InChI is InChI=1S/C19H17ClN2OS/c20-17-11-14(19(24)22-9-3-4-10-22)7-8-18(17)23-13-16-6-2-1-5-15(16)12-21/h1-2,5-8,11H,3-4,9-10,13H2. The van der Waals surface area contributed by atoms with Crippen molar-refractivity contribution < 1.29 is 4.74 Å². The predicted octanol–water partition coefficient (Wildman–Crippen LogP) is 4.56. The average molecular weight is 357 g/mol. The second-order valence-corrected chi connectivity index (χ2v) is 6.50. The van der Waals surface area contributed by atoms with Gasteiger partial charge in [0.15, 0.2) is 0 Å².